The third-order valence-corrected chi connectivity index (χ3v) is 2.80. The predicted octanol–water partition coefficient (Wildman–Crippen LogP) is 4.24. The third-order valence-electron chi connectivity index (χ3n) is 2.80. The van der Waals surface area contributed by atoms with Crippen LogP contribution in [0.4, 0.5) is 0 Å². The minimum absolute atomic E-state index is 0. The Morgan fingerprint density at radius 3 is 1.32 bits per heavy atom. The molecule has 19 heavy (non-hydrogen) atoms. The second-order valence-electron chi connectivity index (χ2n) is 4.11. The Morgan fingerprint density at radius 2 is 0.947 bits per heavy atom. The van der Waals surface area contributed by atoms with E-state index in [1.807, 2.05) is 26.0 Å². The molecule has 0 N–H and O–H groups in total. The fourth-order valence-electron chi connectivity index (χ4n) is 1.96. The molecule has 3 aromatic rings. The number of fused-ring (bicyclic) bond motifs is 3. The molecule has 0 spiro atoms. The van der Waals surface area contributed by atoms with Crippen LogP contribution in [0.15, 0.2) is 36.4 Å². The summed E-state index contributed by atoms with van der Waals surface area (Å²) in [6.45, 7) is 4.02. The zero-order chi connectivity index (χ0) is 11.1. The van der Waals surface area contributed by atoms with Gasteiger partial charge in [0.15, 0.2) is 0 Å². The average Bonchev–Trinajstić information content (AvgIpc) is 2.29. The van der Waals surface area contributed by atoms with Gasteiger partial charge in [-0.2, -0.15) is 0 Å². The van der Waals surface area contributed by atoms with E-state index in [0.717, 1.165) is 33.2 Å². The Labute approximate surface area is 134 Å². The van der Waals surface area contributed by atoms with Crippen LogP contribution in [0.5, 0.6) is 0 Å². The summed E-state index contributed by atoms with van der Waals surface area (Å²) < 4.78 is 0. The maximum Gasteiger partial charge on any atom is 0.0967 e. The zero-order valence-corrected chi connectivity index (χ0v) is 13.1. The van der Waals surface area contributed by atoms with Crippen LogP contribution in [0.1, 0.15) is 11.4 Å². The molecular weight excluding hydrogens is 326 g/mol. The maximum absolute atomic E-state index is 4.58. The van der Waals surface area contributed by atoms with Crippen LogP contribution in [0.25, 0.3) is 21.8 Å². The molecule has 104 valence electrons. The molecule has 0 saturated carbocycles. The van der Waals surface area contributed by atoms with Gasteiger partial charge in [0.2, 0.25) is 0 Å². The maximum atomic E-state index is 4.58. The van der Waals surface area contributed by atoms with Crippen molar-refractivity contribution in [1.29, 1.82) is 0 Å². The van der Waals surface area contributed by atoms with Crippen LogP contribution in [0.2, 0.25) is 0 Å². The summed E-state index contributed by atoms with van der Waals surface area (Å²) in [5, 5.41) is 2.30. The van der Waals surface area contributed by atoms with Crippen molar-refractivity contribution in [2.45, 2.75) is 13.8 Å². The molecular formula is C14H14Cl2N2Ni. The van der Waals surface area contributed by atoms with Gasteiger partial charge in [-0.15, -0.1) is 24.8 Å². The Balaban J connectivity index is 0.00000108. The zero-order valence-electron chi connectivity index (χ0n) is 10.5. The number of hydrogen-bond acceptors (Lipinski definition) is 2. The quantitative estimate of drug-likeness (QED) is 0.452. The number of hydrogen-bond donors (Lipinski definition) is 0. The van der Waals surface area contributed by atoms with Crippen LogP contribution in [0.3, 0.4) is 0 Å². The minimum atomic E-state index is 0. The van der Waals surface area contributed by atoms with Gasteiger partial charge in [-0.3, -0.25) is 9.97 Å². The minimum Gasteiger partial charge on any atom is -0.251 e. The first kappa shape index (κ1) is 18.1. The molecule has 0 atom stereocenters. The van der Waals surface area contributed by atoms with Crippen molar-refractivity contribution >= 4 is 46.6 Å². The molecule has 5 heteroatoms. The number of rotatable bonds is 0. The number of benzene rings is 1. The van der Waals surface area contributed by atoms with Gasteiger partial charge in [-0.05, 0) is 26.0 Å². The van der Waals surface area contributed by atoms with Crippen molar-refractivity contribution in [3.05, 3.63) is 47.8 Å². The van der Waals surface area contributed by atoms with Gasteiger partial charge in [0, 0.05) is 38.7 Å². The number of aryl methyl sites for hydroxylation is 2. The van der Waals surface area contributed by atoms with Crippen LogP contribution in [-0.4, -0.2) is 9.97 Å². The largest absolute Gasteiger partial charge is 0.251 e. The van der Waals surface area contributed by atoms with Crippen LogP contribution in [0, 0.1) is 13.8 Å². The second-order valence-corrected chi connectivity index (χ2v) is 4.11. The molecule has 0 fully saturated rings. The van der Waals surface area contributed by atoms with Gasteiger partial charge in [0.25, 0.3) is 0 Å². The molecule has 2 heterocycles. The molecule has 1 aromatic carbocycles. The van der Waals surface area contributed by atoms with Crippen molar-refractivity contribution in [2.24, 2.45) is 0 Å². The van der Waals surface area contributed by atoms with Crippen molar-refractivity contribution in [2.75, 3.05) is 0 Å². The molecule has 0 aliphatic rings. The van der Waals surface area contributed by atoms with Gasteiger partial charge in [-0.25, -0.2) is 0 Å². The summed E-state index contributed by atoms with van der Waals surface area (Å²) in [6, 6.07) is 12.5. The topological polar surface area (TPSA) is 25.8 Å². The predicted molar refractivity (Wildman–Crippen MR) is 81.0 cm³/mol. The molecule has 0 saturated heterocycles. The molecule has 0 bridgehead atoms. The van der Waals surface area contributed by atoms with Crippen LogP contribution < -0.4 is 0 Å². The molecule has 0 radical (unpaired) electrons. The van der Waals surface area contributed by atoms with E-state index in [9.17, 15) is 0 Å². The SMILES string of the molecule is Cc1ccc2ccc3ccc(C)nc3c2n1.Cl.Cl.[Ni]. The van der Waals surface area contributed by atoms with Crippen molar-refractivity contribution in [3.63, 3.8) is 0 Å². The third kappa shape index (κ3) is 3.36. The first-order valence-corrected chi connectivity index (χ1v) is 5.38. The number of pyridine rings is 2. The van der Waals surface area contributed by atoms with E-state index in [0.29, 0.717) is 0 Å². The Morgan fingerprint density at radius 1 is 0.632 bits per heavy atom. The summed E-state index contributed by atoms with van der Waals surface area (Å²) in [7, 11) is 0. The summed E-state index contributed by atoms with van der Waals surface area (Å²) in [5.41, 5.74) is 4.06. The van der Waals surface area contributed by atoms with Crippen LogP contribution in [-0.2, 0) is 16.5 Å². The molecule has 0 aliphatic heterocycles. The fraction of sp³-hybridized carbons (Fsp3) is 0.143. The molecule has 2 aromatic heterocycles. The van der Waals surface area contributed by atoms with E-state index < -0.39 is 0 Å². The van der Waals surface area contributed by atoms with Gasteiger partial charge in [0.1, 0.15) is 0 Å². The summed E-state index contributed by atoms with van der Waals surface area (Å²) in [5.74, 6) is 0. The van der Waals surface area contributed by atoms with Crippen molar-refractivity contribution in [3.8, 4) is 0 Å². The van der Waals surface area contributed by atoms with E-state index in [1.165, 1.54) is 0 Å². The molecule has 3 rings (SSSR count). The number of nitrogens with zero attached hydrogens (tertiary/aromatic N) is 2. The second kappa shape index (κ2) is 7.05. The standard InChI is InChI=1S/C14H12N2.2ClH.Ni/c1-9-3-5-11-7-8-12-6-4-10(2)16-14(12)13(11)15-9;;;/h3-8H,1-2H3;2*1H;. The van der Waals surface area contributed by atoms with Gasteiger partial charge >= 0.3 is 0 Å². The normalized spacial score (nSPS) is 9.37. The molecule has 0 aliphatic carbocycles. The van der Waals surface area contributed by atoms with E-state index in [1.54, 1.807) is 0 Å². The van der Waals surface area contributed by atoms with E-state index in [2.05, 4.69) is 34.2 Å². The fourth-order valence-corrected chi connectivity index (χ4v) is 1.96. The summed E-state index contributed by atoms with van der Waals surface area (Å²) in [6.07, 6.45) is 0. The van der Waals surface area contributed by atoms with Crippen molar-refractivity contribution in [1.82, 2.24) is 9.97 Å². The summed E-state index contributed by atoms with van der Waals surface area (Å²) in [4.78, 5) is 9.16. The van der Waals surface area contributed by atoms with Gasteiger partial charge < -0.3 is 0 Å². The van der Waals surface area contributed by atoms with E-state index in [4.69, 9.17) is 0 Å². The Bertz CT molecular complexity index is 641. The van der Waals surface area contributed by atoms with E-state index >= 15 is 0 Å². The summed E-state index contributed by atoms with van der Waals surface area (Å²) >= 11 is 0. The van der Waals surface area contributed by atoms with Crippen LogP contribution >= 0.6 is 24.8 Å². The number of halogens is 2. The molecule has 0 amide bonds. The first-order valence-electron chi connectivity index (χ1n) is 5.38. The van der Waals surface area contributed by atoms with Gasteiger partial charge in [0.05, 0.1) is 11.0 Å². The smallest absolute Gasteiger partial charge is 0.0967 e. The monoisotopic (exact) mass is 338 g/mol. The van der Waals surface area contributed by atoms with Crippen molar-refractivity contribution < 1.29 is 16.5 Å². The molecule has 2 nitrogen and oxygen atoms in total. The van der Waals surface area contributed by atoms with Gasteiger partial charge in [-0.1, -0.05) is 24.3 Å². The molecule has 0 unspecified atom stereocenters. The number of aromatic nitrogens is 2. The average molecular weight is 340 g/mol. The first-order chi connectivity index (χ1) is 7.74. The Hall–Kier alpha value is -0.886. The Kier molecular flexibility index (Phi) is 6.72. The van der Waals surface area contributed by atoms with E-state index in [-0.39, 0.29) is 41.3 Å².